The normalized spacial score (nSPS) is 16.2. The molecule has 1 heterocycles. The van der Waals surface area contributed by atoms with Crippen LogP contribution in [0.4, 0.5) is 4.79 Å². The lowest BCUT2D eigenvalue weighted by Crippen LogP contribution is -2.38. The number of hydrogen-bond donors (Lipinski definition) is 1. The fourth-order valence-corrected chi connectivity index (χ4v) is 5.91. The quantitative estimate of drug-likeness (QED) is 0.586. The predicted octanol–water partition coefficient (Wildman–Crippen LogP) is 5.08. The van der Waals surface area contributed by atoms with Crippen molar-refractivity contribution in [1.82, 2.24) is 14.2 Å². The molecule has 0 saturated heterocycles. The van der Waals surface area contributed by atoms with Gasteiger partial charge in [0.25, 0.3) is 0 Å². The smallest absolute Gasteiger partial charge is 0.328 e. The SMILES string of the molecule is Cc1ccc(S(=O)(=O)NC(c2cc3ccccc3n2C(=O)N(C)C)C2CCCCC2)cc1. The van der Waals surface area contributed by atoms with E-state index in [2.05, 4.69) is 4.72 Å². The van der Waals surface area contributed by atoms with Crippen molar-refractivity contribution in [3.8, 4) is 0 Å². The average molecular weight is 454 g/mol. The molecule has 1 atom stereocenters. The van der Waals surface area contributed by atoms with Crippen LogP contribution in [0.1, 0.15) is 49.4 Å². The standard InChI is InChI=1S/C25H31N3O3S/c1-18-13-15-21(16-14-18)32(30,31)26-24(19-9-5-4-6-10-19)23-17-20-11-7-8-12-22(20)28(23)25(29)27(2)3/h7-8,11-17,19,24,26H,4-6,9-10H2,1-3H3. The van der Waals surface area contributed by atoms with Crippen molar-refractivity contribution >= 4 is 27.0 Å². The summed E-state index contributed by atoms with van der Waals surface area (Å²) < 4.78 is 31.4. The Balaban J connectivity index is 1.84. The number of aromatic nitrogens is 1. The van der Waals surface area contributed by atoms with E-state index < -0.39 is 16.1 Å². The summed E-state index contributed by atoms with van der Waals surface area (Å²) in [6.45, 7) is 1.93. The summed E-state index contributed by atoms with van der Waals surface area (Å²) in [6.07, 6.45) is 5.15. The Morgan fingerprint density at radius 1 is 1.03 bits per heavy atom. The lowest BCUT2D eigenvalue weighted by atomic mass is 9.83. The summed E-state index contributed by atoms with van der Waals surface area (Å²) >= 11 is 0. The molecular formula is C25H31N3O3S. The average Bonchev–Trinajstić information content (AvgIpc) is 3.17. The fraction of sp³-hybridized carbons (Fsp3) is 0.400. The van der Waals surface area contributed by atoms with Crippen LogP contribution in [0.3, 0.4) is 0 Å². The minimum Gasteiger partial charge on any atom is -0.330 e. The van der Waals surface area contributed by atoms with E-state index in [1.807, 2.05) is 37.3 Å². The van der Waals surface area contributed by atoms with Gasteiger partial charge in [-0.3, -0.25) is 4.57 Å². The highest BCUT2D eigenvalue weighted by Gasteiger charge is 2.33. The number of carbonyl (C=O) groups excluding carboxylic acids is 1. The number of nitrogens with one attached hydrogen (secondary N) is 1. The van der Waals surface area contributed by atoms with Crippen LogP contribution in [0.15, 0.2) is 59.5 Å². The van der Waals surface area contributed by atoms with Gasteiger partial charge in [-0.25, -0.2) is 17.9 Å². The highest BCUT2D eigenvalue weighted by atomic mass is 32.2. The molecule has 32 heavy (non-hydrogen) atoms. The summed E-state index contributed by atoms with van der Waals surface area (Å²) in [5, 5.41) is 0.924. The van der Waals surface area contributed by atoms with Gasteiger partial charge in [-0.2, -0.15) is 0 Å². The second-order valence-electron chi connectivity index (χ2n) is 8.95. The first-order valence-electron chi connectivity index (χ1n) is 11.2. The summed E-state index contributed by atoms with van der Waals surface area (Å²) in [5.41, 5.74) is 2.49. The molecule has 1 saturated carbocycles. The zero-order valence-electron chi connectivity index (χ0n) is 18.9. The van der Waals surface area contributed by atoms with Crippen molar-refractivity contribution in [2.45, 2.75) is 50.0 Å². The van der Waals surface area contributed by atoms with Gasteiger partial charge in [-0.05, 0) is 49.9 Å². The van der Waals surface area contributed by atoms with E-state index in [1.165, 1.54) is 4.90 Å². The Hall–Kier alpha value is -2.64. The molecule has 3 aromatic rings. The molecule has 0 aliphatic heterocycles. The Kier molecular flexibility index (Phi) is 6.40. The molecule has 1 aliphatic rings. The van der Waals surface area contributed by atoms with Crippen LogP contribution in [0.2, 0.25) is 0 Å². The van der Waals surface area contributed by atoms with Crippen LogP contribution in [-0.4, -0.2) is 38.0 Å². The van der Waals surface area contributed by atoms with Crippen molar-refractivity contribution in [2.24, 2.45) is 5.92 Å². The monoisotopic (exact) mass is 453 g/mol. The third-order valence-corrected chi connectivity index (χ3v) is 7.82. The number of sulfonamides is 1. The third kappa shape index (κ3) is 4.45. The zero-order chi connectivity index (χ0) is 22.9. The summed E-state index contributed by atoms with van der Waals surface area (Å²) in [6, 6.07) is 15.9. The fourth-order valence-electron chi connectivity index (χ4n) is 4.64. The maximum absolute atomic E-state index is 13.4. The number of rotatable bonds is 5. The molecule has 1 N–H and O–H groups in total. The lowest BCUT2D eigenvalue weighted by molar-refractivity contribution is 0.217. The molecule has 7 heteroatoms. The Morgan fingerprint density at radius 3 is 2.34 bits per heavy atom. The van der Waals surface area contributed by atoms with E-state index in [4.69, 9.17) is 0 Å². The zero-order valence-corrected chi connectivity index (χ0v) is 19.7. The van der Waals surface area contributed by atoms with Gasteiger partial charge in [-0.15, -0.1) is 0 Å². The van der Waals surface area contributed by atoms with Crippen LogP contribution in [0.5, 0.6) is 0 Å². The number of fused-ring (bicyclic) bond motifs is 1. The first kappa shape index (κ1) is 22.6. The highest BCUT2D eigenvalue weighted by Crippen LogP contribution is 2.38. The van der Waals surface area contributed by atoms with Gasteiger partial charge in [0, 0.05) is 25.2 Å². The number of nitrogens with zero attached hydrogens (tertiary/aromatic N) is 2. The number of carbonyl (C=O) groups is 1. The van der Waals surface area contributed by atoms with E-state index in [9.17, 15) is 13.2 Å². The third-order valence-electron chi connectivity index (χ3n) is 6.37. The minimum absolute atomic E-state index is 0.127. The lowest BCUT2D eigenvalue weighted by Gasteiger charge is -2.32. The van der Waals surface area contributed by atoms with Gasteiger partial charge in [0.2, 0.25) is 10.0 Å². The van der Waals surface area contributed by atoms with Crippen molar-refractivity contribution in [2.75, 3.05) is 14.1 Å². The number of para-hydroxylation sites is 1. The number of benzene rings is 2. The molecule has 1 aliphatic carbocycles. The second-order valence-corrected chi connectivity index (χ2v) is 10.7. The maximum atomic E-state index is 13.4. The first-order valence-corrected chi connectivity index (χ1v) is 12.7. The van der Waals surface area contributed by atoms with Gasteiger partial charge in [-0.1, -0.05) is 55.2 Å². The van der Waals surface area contributed by atoms with Crippen LogP contribution in [0.25, 0.3) is 10.9 Å². The molecule has 1 amide bonds. The molecule has 4 rings (SSSR count). The van der Waals surface area contributed by atoms with Crippen LogP contribution in [-0.2, 0) is 10.0 Å². The Morgan fingerprint density at radius 2 is 1.69 bits per heavy atom. The summed E-state index contributed by atoms with van der Waals surface area (Å²) in [5.74, 6) is 0.127. The molecule has 6 nitrogen and oxygen atoms in total. The number of aryl methyl sites for hydroxylation is 1. The summed E-state index contributed by atoms with van der Waals surface area (Å²) in [7, 11) is -0.332. The molecular weight excluding hydrogens is 422 g/mol. The van der Waals surface area contributed by atoms with Gasteiger partial charge in [0.15, 0.2) is 0 Å². The van der Waals surface area contributed by atoms with E-state index in [-0.39, 0.29) is 16.8 Å². The Bertz CT molecular complexity index is 1210. The second kappa shape index (κ2) is 9.08. The molecule has 0 radical (unpaired) electrons. The maximum Gasteiger partial charge on any atom is 0.328 e. The van der Waals surface area contributed by atoms with Crippen LogP contribution < -0.4 is 4.72 Å². The van der Waals surface area contributed by atoms with E-state index >= 15 is 0 Å². The molecule has 1 fully saturated rings. The van der Waals surface area contributed by atoms with Gasteiger partial charge < -0.3 is 4.90 Å². The molecule has 0 spiro atoms. The first-order chi connectivity index (χ1) is 15.3. The van der Waals surface area contributed by atoms with Crippen molar-refractivity contribution in [1.29, 1.82) is 0 Å². The van der Waals surface area contributed by atoms with E-state index in [0.717, 1.165) is 48.6 Å². The van der Waals surface area contributed by atoms with Gasteiger partial charge in [0.05, 0.1) is 16.5 Å². The van der Waals surface area contributed by atoms with Crippen molar-refractivity contribution in [3.63, 3.8) is 0 Å². The van der Waals surface area contributed by atoms with E-state index in [1.54, 1.807) is 42.9 Å². The minimum atomic E-state index is -3.76. The van der Waals surface area contributed by atoms with Gasteiger partial charge in [0.1, 0.15) is 0 Å². The largest absolute Gasteiger partial charge is 0.330 e. The highest BCUT2D eigenvalue weighted by molar-refractivity contribution is 7.89. The molecule has 1 aromatic heterocycles. The van der Waals surface area contributed by atoms with Crippen molar-refractivity contribution < 1.29 is 13.2 Å². The number of hydrogen-bond acceptors (Lipinski definition) is 3. The molecule has 0 bridgehead atoms. The molecule has 1 unspecified atom stereocenters. The van der Waals surface area contributed by atoms with E-state index in [0.29, 0.717) is 5.69 Å². The number of amides is 1. The molecule has 2 aromatic carbocycles. The predicted molar refractivity (Wildman–Crippen MR) is 127 cm³/mol. The molecule has 170 valence electrons. The summed E-state index contributed by atoms with van der Waals surface area (Å²) in [4.78, 5) is 15.0. The van der Waals surface area contributed by atoms with Crippen LogP contribution in [0, 0.1) is 12.8 Å². The van der Waals surface area contributed by atoms with Gasteiger partial charge >= 0.3 is 6.03 Å². The Labute approximate surface area is 190 Å². The van der Waals surface area contributed by atoms with Crippen LogP contribution >= 0.6 is 0 Å². The topological polar surface area (TPSA) is 71.4 Å². The van der Waals surface area contributed by atoms with Crippen molar-refractivity contribution in [3.05, 3.63) is 65.9 Å².